The molecular formula is C10H16OS. The van der Waals surface area contributed by atoms with E-state index in [1.807, 2.05) is 33.1 Å². The highest BCUT2D eigenvalue weighted by molar-refractivity contribution is 7.10. The van der Waals surface area contributed by atoms with Gasteiger partial charge in [0.25, 0.3) is 0 Å². The second-order valence-electron chi connectivity index (χ2n) is 3.73. The van der Waals surface area contributed by atoms with Crippen LogP contribution in [-0.4, -0.2) is 5.11 Å². The maximum atomic E-state index is 10.1. The van der Waals surface area contributed by atoms with Crippen molar-refractivity contribution in [3.8, 4) is 0 Å². The standard InChI is InChI=1S/C10H16OS/c1-7(2)10(4,11)9-8(3)5-6-12-9/h5-7,11H,1-4H3/t10-/m0/s1. The van der Waals surface area contributed by atoms with Crippen LogP contribution in [0.4, 0.5) is 0 Å². The highest BCUT2D eigenvalue weighted by Gasteiger charge is 2.29. The van der Waals surface area contributed by atoms with Crippen LogP contribution in [0.25, 0.3) is 0 Å². The maximum absolute atomic E-state index is 10.1. The predicted octanol–water partition coefficient (Wildman–Crippen LogP) is 2.92. The van der Waals surface area contributed by atoms with Crippen molar-refractivity contribution in [2.24, 2.45) is 5.92 Å². The van der Waals surface area contributed by atoms with E-state index >= 15 is 0 Å². The minimum absolute atomic E-state index is 0.259. The lowest BCUT2D eigenvalue weighted by molar-refractivity contribution is 0.0121. The molecule has 0 aliphatic heterocycles. The molecule has 0 unspecified atom stereocenters. The quantitative estimate of drug-likeness (QED) is 0.749. The van der Waals surface area contributed by atoms with Crippen LogP contribution in [0.5, 0.6) is 0 Å². The van der Waals surface area contributed by atoms with E-state index in [0.29, 0.717) is 0 Å². The molecule has 0 aliphatic carbocycles. The van der Waals surface area contributed by atoms with Crippen LogP contribution in [0.1, 0.15) is 31.2 Å². The van der Waals surface area contributed by atoms with E-state index in [9.17, 15) is 5.11 Å². The molecule has 1 atom stereocenters. The topological polar surface area (TPSA) is 20.2 Å². The summed E-state index contributed by atoms with van der Waals surface area (Å²) in [6.45, 7) is 8.01. The van der Waals surface area contributed by atoms with Gasteiger partial charge in [-0.3, -0.25) is 0 Å². The monoisotopic (exact) mass is 184 g/mol. The van der Waals surface area contributed by atoms with Crippen molar-refractivity contribution in [1.82, 2.24) is 0 Å². The van der Waals surface area contributed by atoms with Gasteiger partial charge in [-0.15, -0.1) is 11.3 Å². The molecule has 0 fully saturated rings. The number of aliphatic hydroxyl groups is 1. The molecule has 0 saturated heterocycles. The summed E-state index contributed by atoms with van der Waals surface area (Å²) >= 11 is 1.63. The lowest BCUT2D eigenvalue weighted by Gasteiger charge is -2.27. The van der Waals surface area contributed by atoms with Crippen molar-refractivity contribution in [3.05, 3.63) is 21.9 Å². The van der Waals surface area contributed by atoms with E-state index in [1.165, 1.54) is 5.56 Å². The molecule has 1 nitrogen and oxygen atoms in total. The van der Waals surface area contributed by atoms with Crippen molar-refractivity contribution >= 4 is 11.3 Å². The first-order chi connectivity index (χ1) is 5.46. The Morgan fingerprint density at radius 1 is 1.50 bits per heavy atom. The lowest BCUT2D eigenvalue weighted by Crippen LogP contribution is -2.27. The van der Waals surface area contributed by atoms with Gasteiger partial charge in [0, 0.05) is 4.88 Å². The SMILES string of the molecule is Cc1ccsc1[C@@](C)(O)C(C)C. The number of hydrogen-bond donors (Lipinski definition) is 1. The van der Waals surface area contributed by atoms with E-state index in [2.05, 4.69) is 6.07 Å². The molecule has 0 radical (unpaired) electrons. The smallest absolute Gasteiger partial charge is 0.0985 e. The van der Waals surface area contributed by atoms with Gasteiger partial charge in [-0.05, 0) is 36.8 Å². The van der Waals surface area contributed by atoms with Crippen LogP contribution in [0.3, 0.4) is 0 Å². The van der Waals surface area contributed by atoms with E-state index in [-0.39, 0.29) is 5.92 Å². The fourth-order valence-electron chi connectivity index (χ4n) is 1.15. The Bertz CT molecular complexity index is 261. The van der Waals surface area contributed by atoms with Crippen molar-refractivity contribution in [2.75, 3.05) is 0 Å². The van der Waals surface area contributed by atoms with Gasteiger partial charge < -0.3 is 5.11 Å². The molecule has 0 spiro atoms. The normalized spacial score (nSPS) is 16.5. The molecular weight excluding hydrogens is 168 g/mol. The second kappa shape index (κ2) is 3.19. The van der Waals surface area contributed by atoms with Crippen LogP contribution in [0, 0.1) is 12.8 Å². The first-order valence-corrected chi connectivity index (χ1v) is 5.11. The molecule has 1 aromatic rings. The summed E-state index contributed by atoms with van der Waals surface area (Å²) in [5, 5.41) is 12.2. The molecule has 0 aliphatic rings. The third-order valence-electron chi connectivity index (χ3n) is 2.45. The van der Waals surface area contributed by atoms with E-state index < -0.39 is 5.60 Å². The molecule has 1 aromatic heterocycles. The zero-order valence-corrected chi connectivity index (χ0v) is 8.90. The molecule has 1 N–H and O–H groups in total. The zero-order valence-electron chi connectivity index (χ0n) is 8.09. The van der Waals surface area contributed by atoms with E-state index in [1.54, 1.807) is 11.3 Å². The van der Waals surface area contributed by atoms with Gasteiger partial charge in [-0.2, -0.15) is 0 Å². The fraction of sp³-hybridized carbons (Fsp3) is 0.600. The predicted molar refractivity (Wildman–Crippen MR) is 53.5 cm³/mol. The fourth-order valence-corrected chi connectivity index (χ4v) is 2.29. The Morgan fingerprint density at radius 3 is 2.42 bits per heavy atom. The van der Waals surface area contributed by atoms with Crippen LogP contribution in [0.15, 0.2) is 11.4 Å². The summed E-state index contributed by atoms with van der Waals surface area (Å²) in [5.41, 5.74) is 0.525. The van der Waals surface area contributed by atoms with Crippen LogP contribution < -0.4 is 0 Å². The highest BCUT2D eigenvalue weighted by Crippen LogP contribution is 2.34. The van der Waals surface area contributed by atoms with Gasteiger partial charge in [0.15, 0.2) is 0 Å². The number of hydrogen-bond acceptors (Lipinski definition) is 2. The van der Waals surface area contributed by atoms with Gasteiger partial charge in [0.05, 0.1) is 5.60 Å². The van der Waals surface area contributed by atoms with Crippen LogP contribution >= 0.6 is 11.3 Å². The highest BCUT2D eigenvalue weighted by atomic mass is 32.1. The summed E-state index contributed by atoms with van der Waals surface area (Å²) < 4.78 is 0. The molecule has 0 saturated carbocycles. The summed E-state index contributed by atoms with van der Waals surface area (Å²) in [5.74, 6) is 0.259. The van der Waals surface area contributed by atoms with Crippen molar-refractivity contribution in [2.45, 2.75) is 33.3 Å². The second-order valence-corrected chi connectivity index (χ2v) is 4.65. The zero-order chi connectivity index (χ0) is 9.35. The first-order valence-electron chi connectivity index (χ1n) is 4.23. The van der Waals surface area contributed by atoms with E-state index in [4.69, 9.17) is 0 Å². The van der Waals surface area contributed by atoms with E-state index in [0.717, 1.165) is 4.88 Å². The van der Waals surface area contributed by atoms with Gasteiger partial charge >= 0.3 is 0 Å². The van der Waals surface area contributed by atoms with Gasteiger partial charge in [-0.1, -0.05) is 13.8 Å². The van der Waals surface area contributed by atoms with Gasteiger partial charge in [0.1, 0.15) is 0 Å². The summed E-state index contributed by atoms with van der Waals surface area (Å²) in [6, 6.07) is 2.05. The van der Waals surface area contributed by atoms with Gasteiger partial charge in [0.2, 0.25) is 0 Å². The Kier molecular flexibility index (Phi) is 2.59. The summed E-state index contributed by atoms with van der Waals surface area (Å²) in [4.78, 5) is 1.09. The third-order valence-corrected chi connectivity index (χ3v) is 3.69. The van der Waals surface area contributed by atoms with Crippen LogP contribution in [-0.2, 0) is 5.60 Å². The first kappa shape index (κ1) is 9.75. The van der Waals surface area contributed by atoms with Gasteiger partial charge in [-0.25, -0.2) is 0 Å². The molecule has 1 rings (SSSR count). The molecule has 0 aromatic carbocycles. The van der Waals surface area contributed by atoms with Crippen molar-refractivity contribution in [1.29, 1.82) is 0 Å². The lowest BCUT2D eigenvalue weighted by atomic mass is 9.89. The molecule has 0 bridgehead atoms. The number of rotatable bonds is 2. The largest absolute Gasteiger partial charge is 0.384 e. The Labute approximate surface area is 78.1 Å². The maximum Gasteiger partial charge on any atom is 0.0985 e. The number of thiophene rings is 1. The minimum Gasteiger partial charge on any atom is -0.384 e. The average Bonchev–Trinajstić information content (AvgIpc) is 2.35. The molecule has 2 heteroatoms. The molecule has 12 heavy (non-hydrogen) atoms. The molecule has 1 heterocycles. The minimum atomic E-state index is -0.668. The molecule has 68 valence electrons. The summed E-state index contributed by atoms with van der Waals surface area (Å²) in [7, 11) is 0. The van der Waals surface area contributed by atoms with Crippen LogP contribution in [0.2, 0.25) is 0 Å². The van der Waals surface area contributed by atoms with Crippen molar-refractivity contribution in [3.63, 3.8) is 0 Å². The third kappa shape index (κ3) is 1.54. The molecule has 0 amide bonds. The summed E-state index contributed by atoms with van der Waals surface area (Å²) in [6.07, 6.45) is 0. The Balaban J connectivity index is 3.05. The Hall–Kier alpha value is -0.340. The number of aryl methyl sites for hydroxylation is 1. The Morgan fingerprint density at radius 2 is 2.08 bits per heavy atom. The average molecular weight is 184 g/mol. The van der Waals surface area contributed by atoms with Crippen molar-refractivity contribution < 1.29 is 5.11 Å².